The number of carbonyl (C=O) groups is 1. The minimum absolute atomic E-state index is 0.0271. The predicted octanol–water partition coefficient (Wildman–Crippen LogP) is 3.01. The van der Waals surface area contributed by atoms with Gasteiger partial charge in [0.1, 0.15) is 6.61 Å². The summed E-state index contributed by atoms with van der Waals surface area (Å²) in [6.07, 6.45) is 10.3. The van der Waals surface area contributed by atoms with Crippen LogP contribution in [0.2, 0.25) is 0 Å². The van der Waals surface area contributed by atoms with Gasteiger partial charge in [-0.05, 0) is 51.0 Å². The van der Waals surface area contributed by atoms with Crippen LogP contribution in [0.5, 0.6) is 0 Å². The van der Waals surface area contributed by atoms with Gasteiger partial charge in [-0.2, -0.15) is 0 Å². The maximum Gasteiger partial charge on any atom is 0.310 e. The normalized spacial score (nSPS) is 46.2. The summed E-state index contributed by atoms with van der Waals surface area (Å²) < 4.78 is 11.7. The minimum atomic E-state index is -0.830. The highest BCUT2D eigenvalue weighted by molar-refractivity contribution is 5.77. The Morgan fingerprint density at radius 3 is 2.75 bits per heavy atom. The molecule has 24 heavy (non-hydrogen) atoms. The number of carbonyl (C=O) groups excluding carboxylic acids is 1. The maximum atomic E-state index is 12.7. The largest absolute Gasteiger partial charge is 0.461 e. The molecule has 0 radical (unpaired) electrons. The zero-order valence-electron chi connectivity index (χ0n) is 14.9. The summed E-state index contributed by atoms with van der Waals surface area (Å²) in [5.74, 6) is 0.159. The second-order valence-corrected chi connectivity index (χ2v) is 8.90. The van der Waals surface area contributed by atoms with E-state index >= 15 is 0 Å². The van der Waals surface area contributed by atoms with Crippen LogP contribution in [0.1, 0.15) is 46.5 Å². The van der Waals surface area contributed by atoms with Crippen LogP contribution in [-0.2, 0) is 14.3 Å². The van der Waals surface area contributed by atoms with Crippen molar-refractivity contribution in [2.24, 2.45) is 22.7 Å². The van der Waals surface area contributed by atoms with E-state index in [0.717, 1.165) is 25.7 Å². The van der Waals surface area contributed by atoms with Crippen LogP contribution in [0.4, 0.5) is 0 Å². The highest BCUT2D eigenvalue weighted by atomic mass is 16.5. The lowest BCUT2D eigenvalue weighted by atomic mass is 9.50. The lowest BCUT2D eigenvalue weighted by molar-refractivity contribution is -0.168. The zero-order chi connectivity index (χ0) is 17.2. The SMILES string of the molecule is CC(C)(O)/C=C/C=C1/COC(=O)[C@@H]2[C@@H]1CC[C@]1(C)[C@H]3CC[C@]21CO3. The van der Waals surface area contributed by atoms with Crippen molar-refractivity contribution in [3.63, 3.8) is 0 Å². The van der Waals surface area contributed by atoms with Crippen LogP contribution < -0.4 is 0 Å². The fraction of sp³-hybridized carbons (Fsp3) is 0.750. The highest BCUT2D eigenvalue weighted by Crippen LogP contribution is 2.70. The third kappa shape index (κ3) is 2.15. The molecule has 0 aromatic carbocycles. The van der Waals surface area contributed by atoms with E-state index in [4.69, 9.17) is 9.47 Å². The maximum absolute atomic E-state index is 12.7. The van der Waals surface area contributed by atoms with Gasteiger partial charge in [-0.25, -0.2) is 0 Å². The van der Waals surface area contributed by atoms with Crippen molar-refractivity contribution >= 4 is 5.97 Å². The number of allylic oxidation sites excluding steroid dienone is 2. The number of aliphatic hydroxyl groups is 1. The van der Waals surface area contributed by atoms with Crippen molar-refractivity contribution in [3.8, 4) is 0 Å². The first-order valence-corrected chi connectivity index (χ1v) is 9.16. The van der Waals surface area contributed by atoms with E-state index < -0.39 is 5.60 Å². The molecule has 4 aliphatic rings. The molecule has 2 bridgehead atoms. The lowest BCUT2D eigenvalue weighted by Gasteiger charge is -2.53. The molecule has 2 saturated heterocycles. The van der Waals surface area contributed by atoms with Crippen LogP contribution in [0.25, 0.3) is 0 Å². The second kappa shape index (κ2) is 5.18. The number of fused-ring (bicyclic) bond motifs is 1. The van der Waals surface area contributed by atoms with Crippen LogP contribution in [-0.4, -0.2) is 36.0 Å². The molecule has 2 saturated carbocycles. The van der Waals surface area contributed by atoms with Gasteiger partial charge < -0.3 is 14.6 Å². The summed E-state index contributed by atoms with van der Waals surface area (Å²) in [7, 11) is 0. The standard InChI is InChI=1S/C20H28O4/c1-18(2,22)8-4-5-13-11-23-17(21)16-14(13)6-9-19(3)15-7-10-20(16,19)12-24-15/h4-5,8,14-16,22H,6-7,9-12H2,1-3H3/b8-4+,13-5-/t14-,15-,16+,19-,20+/m1/s1. The molecule has 4 rings (SSSR count). The van der Waals surface area contributed by atoms with E-state index in [9.17, 15) is 9.90 Å². The third-order valence-corrected chi connectivity index (χ3v) is 7.14. The summed E-state index contributed by atoms with van der Waals surface area (Å²) >= 11 is 0. The van der Waals surface area contributed by atoms with Gasteiger partial charge in [0.25, 0.3) is 0 Å². The Morgan fingerprint density at radius 1 is 1.29 bits per heavy atom. The smallest absolute Gasteiger partial charge is 0.310 e. The fourth-order valence-corrected chi connectivity index (χ4v) is 5.80. The Morgan fingerprint density at radius 2 is 2.08 bits per heavy atom. The van der Waals surface area contributed by atoms with Gasteiger partial charge in [0.2, 0.25) is 0 Å². The molecule has 0 unspecified atom stereocenters. The number of rotatable bonds is 2. The van der Waals surface area contributed by atoms with Crippen LogP contribution in [0, 0.1) is 22.7 Å². The molecule has 2 heterocycles. The average Bonchev–Trinajstić information content (AvgIpc) is 2.96. The first kappa shape index (κ1) is 16.3. The van der Waals surface area contributed by atoms with Gasteiger partial charge in [-0.15, -0.1) is 0 Å². The fourth-order valence-electron chi connectivity index (χ4n) is 5.80. The minimum Gasteiger partial charge on any atom is -0.461 e. The molecule has 132 valence electrons. The van der Waals surface area contributed by atoms with E-state index in [0.29, 0.717) is 19.3 Å². The average molecular weight is 332 g/mol. The van der Waals surface area contributed by atoms with Crippen LogP contribution >= 0.6 is 0 Å². The second-order valence-electron chi connectivity index (χ2n) is 8.90. The van der Waals surface area contributed by atoms with Crippen molar-refractivity contribution in [1.82, 2.24) is 0 Å². The molecule has 4 fully saturated rings. The molecule has 4 heteroatoms. The Kier molecular flexibility index (Phi) is 3.53. The Bertz CT molecular complexity index is 604. The summed E-state index contributed by atoms with van der Waals surface area (Å²) in [5.41, 5.74) is 0.436. The number of ether oxygens (including phenoxy) is 2. The third-order valence-electron chi connectivity index (χ3n) is 7.14. The number of esters is 1. The van der Waals surface area contributed by atoms with Gasteiger partial charge in [0.15, 0.2) is 0 Å². The van der Waals surface area contributed by atoms with Crippen molar-refractivity contribution < 1.29 is 19.4 Å². The number of hydrogen-bond donors (Lipinski definition) is 1. The summed E-state index contributed by atoms with van der Waals surface area (Å²) in [6, 6.07) is 0. The van der Waals surface area contributed by atoms with E-state index in [1.54, 1.807) is 19.9 Å². The Balaban J connectivity index is 1.67. The monoisotopic (exact) mass is 332 g/mol. The van der Waals surface area contributed by atoms with Crippen molar-refractivity contribution in [1.29, 1.82) is 0 Å². The van der Waals surface area contributed by atoms with Gasteiger partial charge in [-0.3, -0.25) is 4.79 Å². The van der Waals surface area contributed by atoms with Gasteiger partial charge in [0, 0.05) is 10.8 Å². The molecule has 5 atom stereocenters. The molecule has 0 aromatic heterocycles. The summed E-state index contributed by atoms with van der Waals surface area (Å²) in [4.78, 5) is 12.7. The molecular formula is C20H28O4. The van der Waals surface area contributed by atoms with E-state index in [1.165, 1.54) is 5.57 Å². The van der Waals surface area contributed by atoms with Crippen molar-refractivity contribution in [2.45, 2.75) is 58.2 Å². The molecule has 1 N–H and O–H groups in total. The van der Waals surface area contributed by atoms with Crippen LogP contribution in [0.3, 0.4) is 0 Å². The molecule has 0 spiro atoms. The van der Waals surface area contributed by atoms with Crippen molar-refractivity contribution in [3.05, 3.63) is 23.8 Å². The quantitative estimate of drug-likeness (QED) is 0.790. The Labute approximate surface area is 143 Å². The van der Waals surface area contributed by atoms with Gasteiger partial charge in [0.05, 0.1) is 24.2 Å². The van der Waals surface area contributed by atoms with Gasteiger partial charge >= 0.3 is 5.97 Å². The van der Waals surface area contributed by atoms with Crippen molar-refractivity contribution in [2.75, 3.05) is 13.2 Å². The predicted molar refractivity (Wildman–Crippen MR) is 90.2 cm³/mol. The molecule has 2 aliphatic carbocycles. The van der Waals surface area contributed by atoms with Crippen LogP contribution in [0.15, 0.2) is 23.8 Å². The summed E-state index contributed by atoms with van der Waals surface area (Å²) in [5, 5.41) is 9.85. The molecule has 4 nitrogen and oxygen atoms in total. The van der Waals surface area contributed by atoms with E-state index in [-0.39, 0.29) is 28.6 Å². The summed E-state index contributed by atoms with van der Waals surface area (Å²) in [6.45, 7) is 6.92. The number of cyclic esters (lactones) is 1. The first-order valence-electron chi connectivity index (χ1n) is 9.16. The molecule has 0 amide bonds. The molecule has 2 aliphatic heterocycles. The Hall–Kier alpha value is -1.13. The topological polar surface area (TPSA) is 55.8 Å². The molecule has 0 aromatic rings. The molecular weight excluding hydrogens is 304 g/mol. The highest BCUT2D eigenvalue weighted by Gasteiger charge is 2.71. The van der Waals surface area contributed by atoms with E-state index in [2.05, 4.69) is 6.92 Å². The zero-order valence-corrected chi connectivity index (χ0v) is 14.9. The van der Waals surface area contributed by atoms with E-state index in [1.807, 2.05) is 12.2 Å². The van der Waals surface area contributed by atoms with Gasteiger partial charge in [-0.1, -0.05) is 25.2 Å². The lowest BCUT2D eigenvalue weighted by Crippen LogP contribution is -2.55. The first-order chi connectivity index (χ1) is 11.3. The number of hydrogen-bond acceptors (Lipinski definition) is 4.